The van der Waals surface area contributed by atoms with Gasteiger partial charge in [-0.3, -0.25) is 9.59 Å². The number of allylic oxidation sites excluding steroid dienone is 4. The van der Waals surface area contributed by atoms with Crippen LogP contribution in [0.25, 0.3) is 0 Å². The normalized spacial score (nSPS) is 12.6. The van der Waals surface area contributed by atoms with Gasteiger partial charge in [-0.25, -0.2) is 0 Å². The van der Waals surface area contributed by atoms with Crippen molar-refractivity contribution in [1.82, 2.24) is 0 Å². The molecule has 0 amide bonds. The highest BCUT2D eigenvalue weighted by Crippen LogP contribution is 2.16. The fraction of sp³-hybridized carbons (Fsp3) is 0.833. The molecule has 0 rings (SSSR count). The Labute approximate surface area is 238 Å². The quantitative estimate of drug-likeness (QED) is 0.0508. The van der Waals surface area contributed by atoms with Gasteiger partial charge in [0.15, 0.2) is 0 Å². The van der Waals surface area contributed by atoms with E-state index in [0.717, 1.165) is 32.1 Å². The summed E-state index contributed by atoms with van der Waals surface area (Å²) in [5.41, 5.74) is 0. The Hall–Kier alpha value is -1.18. The van der Waals surface area contributed by atoms with E-state index in [0.29, 0.717) is 12.8 Å². The van der Waals surface area contributed by atoms with Crippen molar-refractivity contribution in [1.29, 1.82) is 0 Å². The first-order valence-corrected chi connectivity index (χ1v) is 17.0. The van der Waals surface area contributed by atoms with Crippen molar-refractivity contribution in [2.24, 2.45) is 5.92 Å². The Morgan fingerprint density at radius 2 is 0.842 bits per heavy atom. The monoisotopic (exact) mass is 529 g/mol. The molecule has 1 unspecified atom stereocenters. The second-order valence-corrected chi connectivity index (χ2v) is 11.5. The predicted octanol–water partition coefficient (Wildman–Crippen LogP) is 12.0. The second kappa shape index (κ2) is 32.0. The topological polar surface area (TPSA) is 34.1 Å². The molecule has 0 aliphatic heterocycles. The highest BCUT2D eigenvalue weighted by Gasteiger charge is 2.17. The fourth-order valence-corrected chi connectivity index (χ4v) is 5.07. The maximum absolute atomic E-state index is 12.4. The van der Waals surface area contributed by atoms with Gasteiger partial charge in [-0.2, -0.15) is 0 Å². The van der Waals surface area contributed by atoms with Crippen LogP contribution >= 0.6 is 0 Å². The summed E-state index contributed by atoms with van der Waals surface area (Å²) >= 11 is 0. The number of unbranched alkanes of at least 4 members (excludes halogenated alkanes) is 21. The lowest BCUT2D eigenvalue weighted by Crippen LogP contribution is -2.15. The Bertz CT molecular complexity index is 548. The maximum Gasteiger partial charge on any atom is 0.209 e. The van der Waals surface area contributed by atoms with Crippen LogP contribution in [0.3, 0.4) is 0 Å². The van der Waals surface area contributed by atoms with Crippen molar-refractivity contribution in [2.45, 2.75) is 187 Å². The first kappa shape index (κ1) is 36.8. The zero-order valence-corrected chi connectivity index (χ0v) is 25.8. The molecule has 1 radical (unpaired) electrons. The maximum atomic E-state index is 12.4. The molecule has 0 bridgehead atoms. The van der Waals surface area contributed by atoms with Crippen LogP contribution in [0.5, 0.6) is 0 Å². The zero-order chi connectivity index (χ0) is 27.8. The van der Waals surface area contributed by atoms with E-state index in [1.54, 1.807) is 0 Å². The highest BCUT2D eigenvalue weighted by molar-refractivity contribution is 5.93. The van der Waals surface area contributed by atoms with Gasteiger partial charge in [-0.05, 0) is 64.2 Å². The van der Waals surface area contributed by atoms with E-state index in [2.05, 4.69) is 38.2 Å². The molecule has 1 atom stereocenters. The largest absolute Gasteiger partial charge is 0.299 e. The molecule has 38 heavy (non-hydrogen) atoms. The van der Waals surface area contributed by atoms with Crippen LogP contribution in [0, 0.1) is 5.92 Å². The Morgan fingerprint density at radius 3 is 1.24 bits per heavy atom. The Balaban J connectivity index is 3.51. The molecule has 2 nitrogen and oxygen atoms in total. The second-order valence-electron chi connectivity index (χ2n) is 11.5. The summed E-state index contributed by atoms with van der Waals surface area (Å²) < 4.78 is 0. The number of carbonyl (C=O) groups is 1. The Morgan fingerprint density at radius 1 is 0.500 bits per heavy atom. The van der Waals surface area contributed by atoms with Gasteiger partial charge in [0.2, 0.25) is 6.29 Å². The van der Waals surface area contributed by atoms with Gasteiger partial charge in [-0.1, -0.05) is 141 Å². The summed E-state index contributed by atoms with van der Waals surface area (Å²) in [6.07, 6.45) is 44.1. The molecule has 0 saturated carbocycles. The van der Waals surface area contributed by atoms with Crippen molar-refractivity contribution in [2.75, 3.05) is 0 Å². The summed E-state index contributed by atoms with van der Waals surface area (Å²) in [5, 5.41) is 0. The summed E-state index contributed by atoms with van der Waals surface area (Å²) in [6.45, 7) is 4.54. The number of carbonyl (C=O) groups excluding carboxylic acids is 2. The molecular formula is C36H65O2. The molecule has 0 aliphatic carbocycles. The number of hydrogen-bond donors (Lipinski definition) is 0. The van der Waals surface area contributed by atoms with Gasteiger partial charge < -0.3 is 0 Å². The summed E-state index contributed by atoms with van der Waals surface area (Å²) in [4.78, 5) is 23.7. The van der Waals surface area contributed by atoms with Gasteiger partial charge in [0.05, 0.1) is 5.92 Å². The van der Waals surface area contributed by atoms with Crippen molar-refractivity contribution in [3.05, 3.63) is 24.3 Å². The van der Waals surface area contributed by atoms with E-state index < -0.39 is 5.92 Å². The van der Waals surface area contributed by atoms with E-state index in [1.807, 2.05) is 6.29 Å². The van der Waals surface area contributed by atoms with Gasteiger partial charge in [-0.15, -0.1) is 0 Å². The zero-order valence-electron chi connectivity index (χ0n) is 25.8. The number of Topliss-reactive ketones (excluding diaryl/α,β-unsaturated/α-hetero) is 1. The minimum absolute atomic E-state index is 0.121. The fourth-order valence-electron chi connectivity index (χ4n) is 5.07. The molecule has 0 aromatic rings. The average molecular weight is 530 g/mol. The molecule has 221 valence electrons. The molecule has 0 N–H and O–H groups in total. The first-order chi connectivity index (χ1) is 18.8. The minimum Gasteiger partial charge on any atom is -0.299 e. The third-order valence-electron chi connectivity index (χ3n) is 7.72. The molecular weight excluding hydrogens is 464 g/mol. The smallest absolute Gasteiger partial charge is 0.209 e. The highest BCUT2D eigenvalue weighted by atomic mass is 16.1. The number of hydrogen-bond acceptors (Lipinski definition) is 2. The van der Waals surface area contributed by atoms with Crippen molar-refractivity contribution < 1.29 is 9.59 Å². The third kappa shape index (κ3) is 27.8. The molecule has 0 aliphatic rings. The van der Waals surface area contributed by atoms with E-state index >= 15 is 0 Å². The molecule has 0 aromatic heterocycles. The van der Waals surface area contributed by atoms with Crippen LogP contribution in [0.15, 0.2) is 24.3 Å². The molecule has 0 aromatic carbocycles. The SMILES string of the molecule is CCCCCCCC/C=C\CCCCCCCC(=O)C([C]=O)CCCCCC/C=C/CCCCCCCC. The number of ketones is 1. The molecule has 0 spiro atoms. The van der Waals surface area contributed by atoms with E-state index in [1.165, 1.54) is 128 Å². The van der Waals surface area contributed by atoms with Crippen molar-refractivity contribution >= 4 is 12.1 Å². The summed E-state index contributed by atoms with van der Waals surface area (Å²) in [6, 6.07) is 0. The first-order valence-electron chi connectivity index (χ1n) is 17.0. The van der Waals surface area contributed by atoms with Gasteiger partial charge in [0, 0.05) is 6.42 Å². The van der Waals surface area contributed by atoms with Crippen molar-refractivity contribution in [3.8, 4) is 0 Å². The van der Waals surface area contributed by atoms with E-state index in [-0.39, 0.29) is 5.78 Å². The lowest BCUT2D eigenvalue weighted by molar-refractivity contribution is -0.121. The van der Waals surface area contributed by atoms with E-state index in [4.69, 9.17) is 0 Å². The molecule has 2 heteroatoms. The standard InChI is InChI=1S/C36H65O2/c1-3-5-7-9-11-13-15-17-19-21-23-25-27-29-31-33-36(38)35(34-37)32-30-28-26-24-22-20-18-16-14-12-10-8-6-4-2/h17-20,35H,3-16,21-33H2,1-2H3/b19-17-,20-18+. The van der Waals surface area contributed by atoms with Crippen LogP contribution in [-0.4, -0.2) is 12.1 Å². The van der Waals surface area contributed by atoms with Crippen LogP contribution in [0.2, 0.25) is 0 Å². The van der Waals surface area contributed by atoms with Crippen LogP contribution in [-0.2, 0) is 9.59 Å². The number of rotatable bonds is 31. The third-order valence-corrected chi connectivity index (χ3v) is 7.72. The lowest BCUT2D eigenvalue weighted by Gasteiger charge is -2.08. The van der Waals surface area contributed by atoms with Crippen LogP contribution in [0.1, 0.15) is 187 Å². The summed E-state index contributed by atoms with van der Waals surface area (Å²) in [7, 11) is 0. The molecule has 0 heterocycles. The van der Waals surface area contributed by atoms with Crippen LogP contribution < -0.4 is 0 Å². The lowest BCUT2D eigenvalue weighted by atomic mass is 9.94. The minimum atomic E-state index is -0.482. The van der Waals surface area contributed by atoms with Gasteiger partial charge in [0.25, 0.3) is 0 Å². The van der Waals surface area contributed by atoms with Crippen molar-refractivity contribution in [3.63, 3.8) is 0 Å². The van der Waals surface area contributed by atoms with E-state index in [9.17, 15) is 9.59 Å². The summed E-state index contributed by atoms with van der Waals surface area (Å²) in [5.74, 6) is -0.362. The average Bonchev–Trinajstić information content (AvgIpc) is 2.93. The molecule has 0 fully saturated rings. The Kier molecular flexibility index (Phi) is 31.0. The molecule has 0 saturated heterocycles. The van der Waals surface area contributed by atoms with Gasteiger partial charge in [0.1, 0.15) is 5.78 Å². The van der Waals surface area contributed by atoms with Gasteiger partial charge >= 0.3 is 0 Å². The van der Waals surface area contributed by atoms with Crippen LogP contribution in [0.4, 0.5) is 0 Å². The predicted molar refractivity (Wildman–Crippen MR) is 168 cm³/mol.